The summed E-state index contributed by atoms with van der Waals surface area (Å²) in [5.74, 6) is 1.21. The van der Waals surface area contributed by atoms with Crippen molar-refractivity contribution in [3.63, 3.8) is 0 Å². The molecule has 2 amide bonds. The summed E-state index contributed by atoms with van der Waals surface area (Å²) in [5, 5.41) is 5.19. The molecule has 0 aliphatic carbocycles. The molecule has 8 heteroatoms. The molecule has 1 aromatic heterocycles. The summed E-state index contributed by atoms with van der Waals surface area (Å²) < 4.78 is 17.1. The summed E-state index contributed by atoms with van der Waals surface area (Å²) in [4.78, 5) is 27.9. The quantitative estimate of drug-likeness (QED) is 0.315. The predicted molar refractivity (Wildman–Crippen MR) is 130 cm³/mol. The van der Waals surface area contributed by atoms with Gasteiger partial charge in [0, 0.05) is 12.3 Å². The second-order valence-electron chi connectivity index (χ2n) is 6.99. The monoisotopic (exact) mass is 461 g/mol. The van der Waals surface area contributed by atoms with Gasteiger partial charge in [-0.25, -0.2) is 0 Å². The third-order valence-corrected chi connectivity index (χ3v) is 4.42. The van der Waals surface area contributed by atoms with Crippen molar-refractivity contribution in [2.24, 2.45) is 0 Å². The average Bonchev–Trinajstić information content (AvgIpc) is 2.86. The summed E-state index contributed by atoms with van der Waals surface area (Å²) in [6.45, 7) is 2.95. The molecule has 0 unspecified atom stereocenters. The molecule has 2 N–H and O–H groups in total. The minimum atomic E-state index is -0.391. The van der Waals surface area contributed by atoms with Crippen molar-refractivity contribution in [2.45, 2.75) is 6.92 Å². The van der Waals surface area contributed by atoms with Crippen molar-refractivity contribution in [1.82, 2.24) is 10.3 Å². The standard InChI is InChI=1S/C26H27N3O5/c1-2-32-24-17-20(10-12-23(24)34-16-15-33-22-8-4-3-5-9-22)11-13-25(30)28-19-26(31)29-21-7-6-14-27-18-21/h3-14,17-18H,2,15-16,19H2,1H3,(H,28,30)(H,29,31)/b13-11+. The minimum absolute atomic E-state index is 0.153. The van der Waals surface area contributed by atoms with Crippen molar-refractivity contribution in [2.75, 3.05) is 31.7 Å². The molecule has 34 heavy (non-hydrogen) atoms. The van der Waals surface area contributed by atoms with Gasteiger partial charge in [-0.2, -0.15) is 0 Å². The largest absolute Gasteiger partial charge is 0.490 e. The minimum Gasteiger partial charge on any atom is -0.490 e. The molecule has 0 fully saturated rings. The van der Waals surface area contributed by atoms with Crippen LogP contribution in [0.5, 0.6) is 17.2 Å². The van der Waals surface area contributed by atoms with E-state index in [-0.39, 0.29) is 12.5 Å². The first-order valence-corrected chi connectivity index (χ1v) is 10.9. The van der Waals surface area contributed by atoms with Crippen molar-refractivity contribution in [1.29, 1.82) is 0 Å². The number of rotatable bonds is 12. The fraction of sp³-hybridized carbons (Fsp3) is 0.192. The number of amides is 2. The van der Waals surface area contributed by atoms with Gasteiger partial charge in [-0.1, -0.05) is 24.3 Å². The fourth-order valence-corrected chi connectivity index (χ4v) is 2.88. The van der Waals surface area contributed by atoms with Gasteiger partial charge in [-0.3, -0.25) is 14.6 Å². The summed E-state index contributed by atoms with van der Waals surface area (Å²) >= 11 is 0. The topological polar surface area (TPSA) is 98.8 Å². The zero-order chi connectivity index (χ0) is 24.0. The maximum absolute atomic E-state index is 12.1. The van der Waals surface area contributed by atoms with Gasteiger partial charge in [0.25, 0.3) is 0 Å². The van der Waals surface area contributed by atoms with Crippen molar-refractivity contribution in [3.8, 4) is 17.2 Å². The van der Waals surface area contributed by atoms with Gasteiger partial charge in [0.2, 0.25) is 11.8 Å². The number of aromatic nitrogens is 1. The molecule has 0 atom stereocenters. The molecule has 0 aliphatic heterocycles. The molecule has 3 rings (SSSR count). The molecule has 2 aromatic carbocycles. The number of anilines is 1. The molecular weight excluding hydrogens is 434 g/mol. The first-order valence-electron chi connectivity index (χ1n) is 10.9. The molecular formula is C26H27N3O5. The second-order valence-corrected chi connectivity index (χ2v) is 6.99. The first-order chi connectivity index (χ1) is 16.6. The molecule has 0 bridgehead atoms. The van der Waals surface area contributed by atoms with E-state index in [2.05, 4.69) is 15.6 Å². The smallest absolute Gasteiger partial charge is 0.244 e. The van der Waals surface area contributed by atoms with Crippen LogP contribution in [0.4, 0.5) is 5.69 Å². The lowest BCUT2D eigenvalue weighted by molar-refractivity contribution is -0.121. The van der Waals surface area contributed by atoms with Crippen LogP contribution in [0.25, 0.3) is 6.08 Å². The third kappa shape index (κ3) is 8.31. The molecule has 0 spiro atoms. The van der Waals surface area contributed by atoms with Crippen LogP contribution in [0, 0.1) is 0 Å². The zero-order valence-electron chi connectivity index (χ0n) is 18.9. The summed E-state index contributed by atoms with van der Waals surface area (Å²) in [6.07, 6.45) is 6.13. The highest BCUT2D eigenvalue weighted by molar-refractivity contribution is 5.97. The van der Waals surface area contributed by atoms with Crippen LogP contribution >= 0.6 is 0 Å². The molecule has 176 valence electrons. The van der Waals surface area contributed by atoms with Crippen LogP contribution in [0.3, 0.4) is 0 Å². The lowest BCUT2D eigenvalue weighted by Crippen LogP contribution is -2.31. The molecule has 0 saturated carbocycles. The van der Waals surface area contributed by atoms with E-state index in [0.717, 1.165) is 11.3 Å². The second kappa shape index (κ2) is 13.3. The Morgan fingerprint density at radius 1 is 0.941 bits per heavy atom. The van der Waals surface area contributed by atoms with Gasteiger partial charge in [-0.15, -0.1) is 0 Å². The third-order valence-electron chi connectivity index (χ3n) is 4.42. The van der Waals surface area contributed by atoms with Gasteiger partial charge in [0.1, 0.15) is 19.0 Å². The van der Waals surface area contributed by atoms with Gasteiger partial charge in [-0.05, 0) is 55.0 Å². The Kier molecular flexibility index (Phi) is 9.49. The van der Waals surface area contributed by atoms with E-state index in [1.807, 2.05) is 43.3 Å². The number of pyridine rings is 1. The normalized spacial score (nSPS) is 10.5. The molecule has 0 radical (unpaired) electrons. The van der Waals surface area contributed by atoms with E-state index in [1.54, 1.807) is 36.5 Å². The Hall–Kier alpha value is -4.33. The zero-order valence-corrected chi connectivity index (χ0v) is 18.9. The number of nitrogens with one attached hydrogen (secondary N) is 2. The molecule has 3 aromatic rings. The van der Waals surface area contributed by atoms with Crippen LogP contribution in [0.1, 0.15) is 12.5 Å². The number of ether oxygens (including phenoxy) is 3. The summed E-state index contributed by atoms with van der Waals surface area (Å²) in [6, 6.07) is 18.3. The number of carbonyl (C=O) groups is 2. The number of para-hydroxylation sites is 1. The van der Waals surface area contributed by atoms with Gasteiger partial charge in [0.05, 0.1) is 25.0 Å². The highest BCUT2D eigenvalue weighted by Gasteiger charge is 2.07. The number of carbonyl (C=O) groups excluding carboxylic acids is 2. The fourth-order valence-electron chi connectivity index (χ4n) is 2.88. The lowest BCUT2D eigenvalue weighted by atomic mass is 10.2. The summed E-state index contributed by atoms with van der Waals surface area (Å²) in [5.41, 5.74) is 1.32. The van der Waals surface area contributed by atoms with E-state index < -0.39 is 5.91 Å². The number of hydrogen-bond donors (Lipinski definition) is 2. The molecule has 1 heterocycles. The van der Waals surface area contributed by atoms with Crippen LogP contribution in [-0.4, -0.2) is 43.2 Å². The Balaban J connectivity index is 1.48. The number of hydrogen-bond acceptors (Lipinski definition) is 6. The van der Waals surface area contributed by atoms with Crippen molar-refractivity contribution < 1.29 is 23.8 Å². The van der Waals surface area contributed by atoms with E-state index >= 15 is 0 Å². The number of nitrogens with zero attached hydrogens (tertiary/aromatic N) is 1. The highest BCUT2D eigenvalue weighted by atomic mass is 16.5. The maximum Gasteiger partial charge on any atom is 0.244 e. The Bertz CT molecular complexity index is 1090. The SMILES string of the molecule is CCOc1cc(/C=C/C(=O)NCC(=O)Nc2cccnc2)ccc1OCCOc1ccccc1. The first kappa shape index (κ1) is 24.3. The van der Waals surface area contributed by atoms with E-state index in [9.17, 15) is 9.59 Å². The van der Waals surface area contributed by atoms with Crippen molar-refractivity contribution in [3.05, 3.63) is 84.7 Å². The van der Waals surface area contributed by atoms with Crippen LogP contribution in [0.2, 0.25) is 0 Å². The highest BCUT2D eigenvalue weighted by Crippen LogP contribution is 2.29. The predicted octanol–water partition coefficient (Wildman–Crippen LogP) is 3.71. The molecule has 0 saturated heterocycles. The van der Waals surface area contributed by atoms with E-state index in [0.29, 0.717) is 37.0 Å². The average molecular weight is 462 g/mol. The van der Waals surface area contributed by atoms with Gasteiger partial charge < -0.3 is 24.8 Å². The molecule has 8 nitrogen and oxygen atoms in total. The Morgan fingerprint density at radius 3 is 2.53 bits per heavy atom. The Labute approximate surface area is 198 Å². The maximum atomic E-state index is 12.1. The Morgan fingerprint density at radius 2 is 1.76 bits per heavy atom. The van der Waals surface area contributed by atoms with Crippen molar-refractivity contribution >= 4 is 23.6 Å². The van der Waals surface area contributed by atoms with E-state index in [1.165, 1.54) is 12.3 Å². The van der Waals surface area contributed by atoms with Gasteiger partial charge in [0.15, 0.2) is 11.5 Å². The lowest BCUT2D eigenvalue weighted by Gasteiger charge is -2.13. The van der Waals surface area contributed by atoms with Crippen LogP contribution in [-0.2, 0) is 9.59 Å². The van der Waals surface area contributed by atoms with Gasteiger partial charge >= 0.3 is 0 Å². The van der Waals surface area contributed by atoms with Crippen LogP contribution in [0.15, 0.2) is 79.1 Å². The number of benzene rings is 2. The van der Waals surface area contributed by atoms with E-state index in [4.69, 9.17) is 14.2 Å². The molecule has 0 aliphatic rings. The van der Waals surface area contributed by atoms with Crippen LogP contribution < -0.4 is 24.8 Å². The summed E-state index contributed by atoms with van der Waals surface area (Å²) in [7, 11) is 0.